The van der Waals surface area contributed by atoms with Gasteiger partial charge in [0.2, 0.25) is 11.8 Å². The summed E-state index contributed by atoms with van der Waals surface area (Å²) in [6, 6.07) is 0.277. The van der Waals surface area contributed by atoms with Gasteiger partial charge in [0.15, 0.2) is 0 Å². The Morgan fingerprint density at radius 2 is 1.60 bits per heavy atom. The number of ether oxygens (including phenoxy) is 2. The maximum atomic E-state index is 13.1. The van der Waals surface area contributed by atoms with Gasteiger partial charge in [-0.05, 0) is 62.7 Å². The molecule has 30 heavy (non-hydrogen) atoms. The molecule has 2 amide bonds. The van der Waals surface area contributed by atoms with E-state index in [0.717, 1.165) is 83.0 Å². The van der Waals surface area contributed by atoms with Gasteiger partial charge < -0.3 is 20.1 Å². The van der Waals surface area contributed by atoms with Gasteiger partial charge in [-0.2, -0.15) is 0 Å². The molecule has 2 aliphatic heterocycles. The van der Waals surface area contributed by atoms with Crippen molar-refractivity contribution in [1.82, 2.24) is 15.5 Å². The van der Waals surface area contributed by atoms with E-state index in [1.807, 2.05) is 0 Å². The van der Waals surface area contributed by atoms with Gasteiger partial charge in [-0.1, -0.05) is 0 Å². The van der Waals surface area contributed by atoms with Crippen LogP contribution in [0.1, 0.15) is 44.9 Å². The van der Waals surface area contributed by atoms with Crippen molar-refractivity contribution in [3.63, 3.8) is 0 Å². The van der Waals surface area contributed by atoms with Crippen molar-refractivity contribution < 1.29 is 19.1 Å². The third kappa shape index (κ3) is 4.26. The predicted octanol–water partition coefficient (Wildman–Crippen LogP) is 1.17. The molecule has 2 saturated heterocycles. The third-order valence-corrected chi connectivity index (χ3v) is 8.46. The second-order valence-corrected chi connectivity index (χ2v) is 10.5. The van der Waals surface area contributed by atoms with Crippen LogP contribution in [0.25, 0.3) is 0 Å². The number of hydrogen-bond acceptors (Lipinski definition) is 5. The van der Waals surface area contributed by atoms with Crippen molar-refractivity contribution >= 4 is 11.8 Å². The van der Waals surface area contributed by atoms with E-state index >= 15 is 0 Å². The molecule has 2 unspecified atom stereocenters. The summed E-state index contributed by atoms with van der Waals surface area (Å²) in [6.45, 7) is 5.58. The molecule has 6 aliphatic rings. The van der Waals surface area contributed by atoms with Crippen LogP contribution in [0.15, 0.2) is 0 Å². The SMILES string of the molecule is O=C(CNC(=O)C12CC3CC(CC(C3)C1)C2)NCC(C1CCOC1)N1CCOCC1. The highest BCUT2D eigenvalue weighted by atomic mass is 16.5. The lowest BCUT2D eigenvalue weighted by atomic mass is 9.49. The lowest BCUT2D eigenvalue weighted by Crippen LogP contribution is -2.55. The Labute approximate surface area is 179 Å². The summed E-state index contributed by atoms with van der Waals surface area (Å²) in [5, 5.41) is 6.10. The Hall–Kier alpha value is -1.18. The van der Waals surface area contributed by atoms with E-state index in [1.54, 1.807) is 0 Å². The molecule has 168 valence electrons. The Bertz CT molecular complexity index is 607. The highest BCUT2D eigenvalue weighted by Gasteiger charge is 2.54. The van der Waals surface area contributed by atoms with Crippen LogP contribution in [-0.2, 0) is 19.1 Å². The van der Waals surface area contributed by atoms with Crippen LogP contribution in [0.3, 0.4) is 0 Å². The fourth-order valence-corrected chi connectivity index (χ4v) is 7.38. The standard InChI is InChI=1S/C23H37N3O4/c27-21(24-13-20(19-1-4-30-15-19)26-2-5-29-6-3-26)14-25-22(28)23-10-16-7-17(11-23)9-18(8-16)12-23/h16-20H,1-15H2,(H,24,27)(H,25,28). The summed E-state index contributed by atoms with van der Waals surface area (Å²) >= 11 is 0. The monoisotopic (exact) mass is 419 g/mol. The second kappa shape index (κ2) is 8.75. The number of nitrogens with one attached hydrogen (secondary N) is 2. The number of amides is 2. The summed E-state index contributed by atoms with van der Waals surface area (Å²) in [5.74, 6) is 2.71. The smallest absolute Gasteiger partial charge is 0.239 e. The van der Waals surface area contributed by atoms with Gasteiger partial charge in [-0.15, -0.1) is 0 Å². The molecule has 7 heteroatoms. The van der Waals surface area contributed by atoms with E-state index in [-0.39, 0.29) is 29.8 Å². The van der Waals surface area contributed by atoms with Crippen LogP contribution in [0.4, 0.5) is 0 Å². The Morgan fingerprint density at radius 1 is 0.933 bits per heavy atom. The highest BCUT2D eigenvalue weighted by molar-refractivity contribution is 5.88. The maximum absolute atomic E-state index is 13.1. The molecule has 2 atom stereocenters. The minimum Gasteiger partial charge on any atom is -0.381 e. The van der Waals surface area contributed by atoms with E-state index in [0.29, 0.717) is 12.5 Å². The van der Waals surface area contributed by atoms with Gasteiger partial charge in [0.1, 0.15) is 0 Å². The van der Waals surface area contributed by atoms with Crippen molar-refractivity contribution in [1.29, 1.82) is 0 Å². The zero-order chi connectivity index (χ0) is 20.6. The van der Waals surface area contributed by atoms with E-state index in [9.17, 15) is 9.59 Å². The second-order valence-electron chi connectivity index (χ2n) is 10.5. The summed E-state index contributed by atoms with van der Waals surface area (Å²) in [4.78, 5) is 28.1. The van der Waals surface area contributed by atoms with Crippen molar-refractivity contribution in [2.24, 2.45) is 29.1 Å². The molecule has 0 aromatic heterocycles. The number of carbonyl (C=O) groups is 2. The van der Waals surface area contributed by atoms with E-state index in [4.69, 9.17) is 9.47 Å². The normalized spacial score (nSPS) is 39.1. The maximum Gasteiger partial charge on any atom is 0.239 e. The van der Waals surface area contributed by atoms with Crippen LogP contribution in [0.2, 0.25) is 0 Å². The zero-order valence-corrected chi connectivity index (χ0v) is 18.1. The van der Waals surface area contributed by atoms with Gasteiger partial charge in [0.25, 0.3) is 0 Å². The summed E-state index contributed by atoms with van der Waals surface area (Å²) < 4.78 is 11.1. The first-order valence-corrected chi connectivity index (χ1v) is 12.1. The predicted molar refractivity (Wildman–Crippen MR) is 112 cm³/mol. The molecule has 0 aromatic carbocycles. The fraction of sp³-hybridized carbons (Fsp3) is 0.913. The van der Waals surface area contributed by atoms with Crippen molar-refractivity contribution in [3.8, 4) is 0 Å². The van der Waals surface area contributed by atoms with Crippen LogP contribution < -0.4 is 10.6 Å². The van der Waals surface area contributed by atoms with Gasteiger partial charge >= 0.3 is 0 Å². The Morgan fingerprint density at radius 3 is 2.20 bits per heavy atom. The van der Waals surface area contributed by atoms with Crippen molar-refractivity contribution in [3.05, 3.63) is 0 Å². The van der Waals surface area contributed by atoms with E-state index in [2.05, 4.69) is 15.5 Å². The molecular weight excluding hydrogens is 382 g/mol. The fourth-order valence-electron chi connectivity index (χ4n) is 7.38. The molecule has 4 aliphatic carbocycles. The van der Waals surface area contributed by atoms with Crippen LogP contribution in [0, 0.1) is 29.1 Å². The highest BCUT2D eigenvalue weighted by Crippen LogP contribution is 2.60. The summed E-state index contributed by atoms with van der Waals surface area (Å²) in [7, 11) is 0. The van der Waals surface area contributed by atoms with Crippen LogP contribution in [-0.4, -0.2) is 75.4 Å². The van der Waals surface area contributed by atoms with Gasteiger partial charge in [0.05, 0.1) is 26.4 Å². The first-order valence-electron chi connectivity index (χ1n) is 12.1. The number of rotatable bonds is 7. The Kier molecular flexibility index (Phi) is 6.04. The molecule has 2 N–H and O–H groups in total. The van der Waals surface area contributed by atoms with Crippen LogP contribution in [0.5, 0.6) is 0 Å². The van der Waals surface area contributed by atoms with Crippen molar-refractivity contribution in [2.75, 3.05) is 52.6 Å². The molecule has 4 saturated carbocycles. The number of morpholine rings is 1. The van der Waals surface area contributed by atoms with Gasteiger partial charge in [-0.25, -0.2) is 0 Å². The summed E-state index contributed by atoms with van der Waals surface area (Å²) in [6.07, 6.45) is 8.11. The molecule has 0 spiro atoms. The number of nitrogens with zero attached hydrogens (tertiary/aromatic N) is 1. The number of carbonyl (C=O) groups excluding carboxylic acids is 2. The average Bonchev–Trinajstić information content (AvgIpc) is 3.26. The molecule has 0 radical (unpaired) electrons. The number of hydrogen-bond donors (Lipinski definition) is 2. The van der Waals surface area contributed by atoms with Gasteiger partial charge in [-0.3, -0.25) is 14.5 Å². The zero-order valence-electron chi connectivity index (χ0n) is 18.1. The molecule has 2 heterocycles. The quantitative estimate of drug-likeness (QED) is 0.648. The molecule has 7 nitrogen and oxygen atoms in total. The topological polar surface area (TPSA) is 79.9 Å². The molecule has 0 aromatic rings. The lowest BCUT2D eigenvalue weighted by molar-refractivity contribution is -0.147. The van der Waals surface area contributed by atoms with Crippen LogP contribution >= 0.6 is 0 Å². The largest absolute Gasteiger partial charge is 0.381 e. The molecule has 4 bridgehead atoms. The average molecular weight is 420 g/mol. The lowest BCUT2D eigenvalue weighted by Gasteiger charge is -2.55. The van der Waals surface area contributed by atoms with Gasteiger partial charge in [0, 0.05) is 43.6 Å². The minimum atomic E-state index is -0.188. The van der Waals surface area contributed by atoms with E-state index < -0.39 is 0 Å². The Balaban J connectivity index is 1.12. The third-order valence-electron chi connectivity index (χ3n) is 8.46. The first kappa shape index (κ1) is 20.7. The molecular formula is C23H37N3O4. The first-order chi connectivity index (χ1) is 14.6. The van der Waals surface area contributed by atoms with E-state index in [1.165, 1.54) is 19.3 Å². The minimum absolute atomic E-state index is 0.0785. The molecule has 6 rings (SSSR count). The van der Waals surface area contributed by atoms with Crippen molar-refractivity contribution in [2.45, 2.75) is 51.0 Å². The molecule has 6 fully saturated rings. The summed E-state index contributed by atoms with van der Waals surface area (Å²) in [5.41, 5.74) is -0.188.